The molecule has 1 atom stereocenters. The Morgan fingerprint density at radius 1 is 1.26 bits per heavy atom. The molecule has 8 heteroatoms. The maximum atomic E-state index is 12.8. The smallest absolute Gasteiger partial charge is 0.317 e. The van der Waals surface area contributed by atoms with E-state index in [-0.39, 0.29) is 12.1 Å². The van der Waals surface area contributed by atoms with Crippen molar-refractivity contribution >= 4 is 22.5 Å². The topological polar surface area (TPSA) is 86.8 Å². The molecule has 2 aromatic heterocycles. The number of aryl methyl sites for hydroxylation is 3. The lowest BCUT2D eigenvalue weighted by Crippen LogP contribution is -2.38. The number of amides is 2. The monoisotopic (exact) mass is 334 g/mol. The minimum atomic E-state index is -0.104. The van der Waals surface area contributed by atoms with Crippen molar-refractivity contribution in [3.05, 3.63) is 22.0 Å². The van der Waals surface area contributed by atoms with E-state index >= 15 is 0 Å². The van der Waals surface area contributed by atoms with Gasteiger partial charge in [0.05, 0.1) is 11.7 Å². The van der Waals surface area contributed by atoms with Crippen LogP contribution in [-0.4, -0.2) is 37.9 Å². The number of nitrogens with zero attached hydrogens (tertiary/aromatic N) is 4. The summed E-state index contributed by atoms with van der Waals surface area (Å²) in [5.41, 5.74) is 3.16. The number of rotatable bonds is 2. The number of aromatic amines is 1. The number of H-pyrrole nitrogens is 1. The summed E-state index contributed by atoms with van der Waals surface area (Å²) >= 11 is 1.39. The van der Waals surface area contributed by atoms with Crippen LogP contribution in [0.25, 0.3) is 0 Å². The fourth-order valence-corrected chi connectivity index (χ4v) is 3.79. The molecule has 0 saturated carbocycles. The summed E-state index contributed by atoms with van der Waals surface area (Å²) in [4.78, 5) is 14.7. The van der Waals surface area contributed by atoms with Crippen molar-refractivity contribution in [2.24, 2.45) is 0 Å². The second-order valence-electron chi connectivity index (χ2n) is 5.96. The van der Waals surface area contributed by atoms with Gasteiger partial charge in [-0.25, -0.2) is 4.79 Å². The SMILES string of the molecule is Cc1nnc(NC(=O)N2CCCCCC2c2c(C)n[nH]c2C)s1. The molecule has 1 saturated heterocycles. The molecule has 3 heterocycles. The molecule has 1 unspecified atom stereocenters. The van der Waals surface area contributed by atoms with Gasteiger partial charge in [-0.2, -0.15) is 5.10 Å². The van der Waals surface area contributed by atoms with Crippen LogP contribution < -0.4 is 5.32 Å². The zero-order valence-electron chi connectivity index (χ0n) is 13.7. The number of likely N-dealkylation sites (tertiary alicyclic amines) is 1. The van der Waals surface area contributed by atoms with Crippen LogP contribution in [0.4, 0.5) is 9.93 Å². The minimum Gasteiger partial charge on any atom is -0.317 e. The largest absolute Gasteiger partial charge is 0.324 e. The average Bonchev–Trinajstić information content (AvgIpc) is 2.96. The Hall–Kier alpha value is -1.96. The first-order chi connectivity index (χ1) is 11.1. The van der Waals surface area contributed by atoms with Crippen molar-refractivity contribution in [3.8, 4) is 0 Å². The van der Waals surface area contributed by atoms with Crippen LogP contribution >= 0.6 is 11.3 Å². The van der Waals surface area contributed by atoms with Crippen molar-refractivity contribution in [1.29, 1.82) is 0 Å². The summed E-state index contributed by atoms with van der Waals surface area (Å²) in [6, 6.07) is -0.0432. The molecule has 0 aliphatic carbocycles. The lowest BCUT2D eigenvalue weighted by atomic mass is 9.99. The van der Waals surface area contributed by atoms with Crippen LogP contribution in [0.15, 0.2) is 0 Å². The number of urea groups is 1. The van der Waals surface area contributed by atoms with Crippen LogP contribution in [0, 0.1) is 20.8 Å². The Morgan fingerprint density at radius 2 is 2.09 bits per heavy atom. The van der Waals surface area contributed by atoms with Gasteiger partial charge in [0.25, 0.3) is 0 Å². The molecule has 0 spiro atoms. The fourth-order valence-electron chi connectivity index (χ4n) is 3.21. The molecular weight excluding hydrogens is 312 g/mol. The Labute approximate surface area is 139 Å². The van der Waals surface area contributed by atoms with Crippen molar-refractivity contribution in [1.82, 2.24) is 25.3 Å². The number of nitrogens with one attached hydrogen (secondary N) is 2. The second kappa shape index (κ2) is 6.66. The van der Waals surface area contributed by atoms with E-state index < -0.39 is 0 Å². The second-order valence-corrected chi connectivity index (χ2v) is 7.14. The number of carbonyl (C=O) groups is 1. The summed E-state index contributed by atoms with van der Waals surface area (Å²) in [6.07, 6.45) is 4.25. The predicted octanol–water partition coefficient (Wildman–Crippen LogP) is 3.34. The highest BCUT2D eigenvalue weighted by atomic mass is 32.1. The molecule has 1 fully saturated rings. The number of hydrogen-bond acceptors (Lipinski definition) is 5. The molecule has 1 aliphatic heterocycles. The third-order valence-electron chi connectivity index (χ3n) is 4.27. The van der Waals surface area contributed by atoms with Crippen LogP contribution in [0.2, 0.25) is 0 Å². The molecule has 2 N–H and O–H groups in total. The van der Waals surface area contributed by atoms with Crippen LogP contribution in [-0.2, 0) is 0 Å². The van der Waals surface area contributed by atoms with Gasteiger partial charge in [-0.3, -0.25) is 10.4 Å². The first kappa shape index (κ1) is 15.9. The molecule has 1 aliphatic rings. The third-order valence-corrected chi connectivity index (χ3v) is 5.03. The molecule has 0 bridgehead atoms. The molecule has 124 valence electrons. The maximum absolute atomic E-state index is 12.8. The first-order valence-corrected chi connectivity index (χ1v) is 8.77. The van der Waals surface area contributed by atoms with Crippen molar-refractivity contribution in [2.75, 3.05) is 11.9 Å². The summed E-state index contributed by atoms with van der Waals surface area (Å²) in [5, 5.41) is 19.6. The van der Waals surface area contributed by atoms with Gasteiger partial charge in [-0.1, -0.05) is 24.2 Å². The van der Waals surface area contributed by atoms with Gasteiger partial charge in [0.1, 0.15) is 5.01 Å². The summed E-state index contributed by atoms with van der Waals surface area (Å²) in [5.74, 6) is 0. The van der Waals surface area contributed by atoms with Gasteiger partial charge in [0, 0.05) is 17.8 Å². The van der Waals surface area contributed by atoms with Gasteiger partial charge < -0.3 is 4.90 Å². The highest BCUT2D eigenvalue weighted by Crippen LogP contribution is 2.33. The summed E-state index contributed by atoms with van der Waals surface area (Å²) in [7, 11) is 0. The Bertz CT molecular complexity index is 674. The van der Waals surface area contributed by atoms with E-state index in [1.165, 1.54) is 11.3 Å². The van der Waals surface area contributed by atoms with E-state index in [4.69, 9.17) is 0 Å². The molecule has 23 heavy (non-hydrogen) atoms. The quantitative estimate of drug-likeness (QED) is 0.882. The summed E-state index contributed by atoms with van der Waals surface area (Å²) < 4.78 is 0. The van der Waals surface area contributed by atoms with E-state index in [9.17, 15) is 4.79 Å². The molecule has 0 aromatic carbocycles. The molecule has 0 radical (unpaired) electrons. The number of aromatic nitrogens is 4. The maximum Gasteiger partial charge on any atom is 0.324 e. The van der Waals surface area contributed by atoms with Gasteiger partial charge >= 0.3 is 6.03 Å². The summed E-state index contributed by atoms with van der Waals surface area (Å²) in [6.45, 7) is 6.64. The first-order valence-electron chi connectivity index (χ1n) is 7.95. The fraction of sp³-hybridized carbons (Fsp3) is 0.600. The predicted molar refractivity (Wildman–Crippen MR) is 89.6 cm³/mol. The number of carbonyl (C=O) groups excluding carboxylic acids is 1. The highest BCUT2D eigenvalue weighted by molar-refractivity contribution is 7.15. The standard InChI is InChI=1S/C15H22N6OS/c1-9-13(10(2)18-17-9)12-7-5-4-6-8-21(12)15(22)16-14-20-19-11(3)23-14/h12H,4-8H2,1-3H3,(H,17,18)(H,16,20,22). The van der Waals surface area contributed by atoms with E-state index in [0.717, 1.165) is 54.2 Å². The molecule has 7 nitrogen and oxygen atoms in total. The zero-order chi connectivity index (χ0) is 16.4. The van der Waals surface area contributed by atoms with Crippen molar-refractivity contribution < 1.29 is 4.79 Å². The number of anilines is 1. The van der Waals surface area contributed by atoms with Gasteiger partial charge in [0.2, 0.25) is 5.13 Å². The van der Waals surface area contributed by atoms with E-state index in [2.05, 4.69) is 25.7 Å². The Kier molecular flexibility index (Phi) is 4.61. The van der Waals surface area contributed by atoms with E-state index in [1.54, 1.807) is 0 Å². The third kappa shape index (κ3) is 3.36. The normalized spacial score (nSPS) is 18.7. The Morgan fingerprint density at radius 3 is 2.74 bits per heavy atom. The zero-order valence-corrected chi connectivity index (χ0v) is 14.5. The molecule has 2 amide bonds. The van der Waals surface area contributed by atoms with Crippen LogP contribution in [0.3, 0.4) is 0 Å². The van der Waals surface area contributed by atoms with Gasteiger partial charge in [-0.05, 0) is 33.6 Å². The van der Waals surface area contributed by atoms with Gasteiger partial charge in [-0.15, -0.1) is 10.2 Å². The average molecular weight is 334 g/mol. The van der Waals surface area contributed by atoms with Gasteiger partial charge in [0.15, 0.2) is 0 Å². The molecule has 3 rings (SSSR count). The van der Waals surface area contributed by atoms with E-state index in [1.807, 2.05) is 25.7 Å². The Balaban J connectivity index is 1.85. The molecular formula is C15H22N6OS. The lowest BCUT2D eigenvalue weighted by Gasteiger charge is -2.30. The number of hydrogen-bond donors (Lipinski definition) is 2. The minimum absolute atomic E-state index is 0.0604. The van der Waals surface area contributed by atoms with Crippen molar-refractivity contribution in [3.63, 3.8) is 0 Å². The van der Waals surface area contributed by atoms with Crippen LogP contribution in [0.1, 0.15) is 53.7 Å². The van der Waals surface area contributed by atoms with Crippen molar-refractivity contribution in [2.45, 2.75) is 52.5 Å². The highest BCUT2D eigenvalue weighted by Gasteiger charge is 2.30. The van der Waals surface area contributed by atoms with Crippen LogP contribution in [0.5, 0.6) is 0 Å². The lowest BCUT2D eigenvalue weighted by molar-refractivity contribution is 0.189. The van der Waals surface area contributed by atoms with E-state index in [0.29, 0.717) is 5.13 Å². The molecule has 2 aromatic rings.